The largest absolute Gasteiger partial charge is 0.444 e. The van der Waals surface area contributed by atoms with Crippen LogP contribution in [0.15, 0.2) is 30.3 Å². The molecule has 1 aromatic carbocycles. The molecule has 6 N–H and O–H groups in total. The van der Waals surface area contributed by atoms with Gasteiger partial charge in [0.15, 0.2) is 0 Å². The Labute approximate surface area is 281 Å². The topological polar surface area (TPSA) is 172 Å². The fourth-order valence-electron chi connectivity index (χ4n) is 4.13. The van der Waals surface area contributed by atoms with Crippen LogP contribution in [0.1, 0.15) is 80.2 Å². The number of ether oxygens (including phenoxy) is 3. The van der Waals surface area contributed by atoms with Crippen LogP contribution in [0.2, 0.25) is 0 Å². The minimum absolute atomic E-state index is 0. The summed E-state index contributed by atoms with van der Waals surface area (Å²) in [6.45, 7) is 12.4. The fourth-order valence-corrected chi connectivity index (χ4v) is 4.13. The van der Waals surface area contributed by atoms with Gasteiger partial charge >= 0.3 is 12.2 Å². The van der Waals surface area contributed by atoms with Crippen LogP contribution in [0.4, 0.5) is 18.4 Å². The van der Waals surface area contributed by atoms with Crippen molar-refractivity contribution in [2.75, 3.05) is 33.3 Å². The van der Waals surface area contributed by atoms with Crippen LogP contribution < -0.4 is 0 Å². The summed E-state index contributed by atoms with van der Waals surface area (Å²) in [5.74, 6) is 0. The summed E-state index contributed by atoms with van der Waals surface area (Å²) >= 11 is 0. The number of alkyl halides is 2. The molecule has 0 aromatic heterocycles. The number of carbonyl (C=O) groups excluding carboxylic acids is 2. The number of carbonyl (C=O) groups is 2. The van der Waals surface area contributed by atoms with E-state index in [4.69, 9.17) is 19.3 Å². The van der Waals surface area contributed by atoms with Gasteiger partial charge in [-0.25, -0.2) is 18.4 Å². The molecule has 4 unspecified atom stereocenters. The number of nitrogens with zero attached hydrogens (tertiary/aromatic N) is 2. The molecule has 4 atom stereocenters. The van der Waals surface area contributed by atoms with E-state index in [0.29, 0.717) is 39.1 Å². The predicted octanol–water partition coefficient (Wildman–Crippen LogP) is 4.25. The van der Waals surface area contributed by atoms with E-state index in [9.17, 15) is 23.5 Å². The first-order valence-corrected chi connectivity index (χ1v) is 14.1. The second kappa shape index (κ2) is 24.3. The van der Waals surface area contributed by atoms with Gasteiger partial charge in [0, 0.05) is 53.5 Å². The third-order valence-corrected chi connectivity index (χ3v) is 5.96. The molecule has 0 saturated carbocycles. The molecule has 45 heavy (non-hydrogen) atoms. The van der Waals surface area contributed by atoms with E-state index in [-0.39, 0.29) is 64.3 Å². The Hall–Kier alpha value is -1.92. The molecule has 0 bridgehead atoms. The molecule has 3 rings (SSSR count). The van der Waals surface area contributed by atoms with E-state index in [1.54, 1.807) is 25.7 Å². The van der Waals surface area contributed by atoms with Crippen LogP contribution in [0.3, 0.4) is 0 Å². The van der Waals surface area contributed by atoms with Crippen molar-refractivity contribution in [3.8, 4) is 0 Å². The molecule has 0 aliphatic carbocycles. The number of hydrogen-bond donors (Lipinski definition) is 2. The van der Waals surface area contributed by atoms with Gasteiger partial charge in [0.05, 0.1) is 31.9 Å². The minimum Gasteiger partial charge on any atom is -0.444 e. The number of aliphatic hydroxyl groups is 2. The molecule has 2 fully saturated rings. The second-order valence-electron chi connectivity index (χ2n) is 12.2. The Balaban J connectivity index is -0.000000342. The number of likely N-dealkylation sites (tertiary alicyclic amines) is 2. The third kappa shape index (κ3) is 22.3. The van der Waals surface area contributed by atoms with E-state index in [2.05, 4.69) is 0 Å². The van der Waals surface area contributed by atoms with Gasteiger partial charge in [-0.3, -0.25) is 0 Å². The Morgan fingerprint density at radius 2 is 1.24 bits per heavy atom. The van der Waals surface area contributed by atoms with E-state index in [0.717, 1.165) is 12.7 Å². The second-order valence-corrected chi connectivity index (χ2v) is 12.2. The summed E-state index contributed by atoms with van der Waals surface area (Å²) in [6, 6.07) is 9.76. The van der Waals surface area contributed by atoms with Gasteiger partial charge < -0.3 is 45.2 Å². The summed E-state index contributed by atoms with van der Waals surface area (Å²) < 4.78 is 43.5. The van der Waals surface area contributed by atoms with Crippen LogP contribution in [0.25, 0.3) is 0 Å². The maximum absolute atomic E-state index is 13.9. The van der Waals surface area contributed by atoms with Crippen molar-refractivity contribution in [3.63, 3.8) is 0 Å². The minimum atomic E-state index is -1.04. The molecule has 2 aliphatic rings. The maximum Gasteiger partial charge on any atom is 0.410 e. The van der Waals surface area contributed by atoms with Crippen molar-refractivity contribution < 1.29 is 74.2 Å². The van der Waals surface area contributed by atoms with Crippen LogP contribution in [0, 0.1) is 0 Å². The Morgan fingerprint density at radius 1 is 0.822 bits per heavy atom. The third-order valence-electron chi connectivity index (χ3n) is 5.96. The Morgan fingerprint density at radius 3 is 1.69 bits per heavy atom. The van der Waals surface area contributed by atoms with Crippen LogP contribution >= 0.6 is 0 Å². The van der Waals surface area contributed by atoms with Crippen molar-refractivity contribution >= 4 is 12.2 Å². The van der Waals surface area contributed by atoms with Gasteiger partial charge in [0.1, 0.15) is 23.5 Å². The first-order valence-electron chi connectivity index (χ1n) is 14.1. The van der Waals surface area contributed by atoms with Crippen LogP contribution in [-0.2, 0) is 41.2 Å². The fraction of sp³-hybridized carbons (Fsp3) is 0.742. The molecule has 1 aromatic rings. The number of amides is 2. The molecule has 0 radical (unpaired) electrons. The number of hydrogen-bond acceptors (Lipinski definition) is 7. The normalized spacial score (nSPS) is 21.4. The van der Waals surface area contributed by atoms with E-state index in [1.165, 1.54) is 4.90 Å². The van der Waals surface area contributed by atoms with E-state index in [1.807, 2.05) is 51.1 Å². The van der Waals surface area contributed by atoms with Gasteiger partial charge in [0.25, 0.3) is 0 Å². The maximum atomic E-state index is 13.9. The molecule has 2 amide bonds. The average molecular weight is 747 g/mol. The van der Waals surface area contributed by atoms with Crippen molar-refractivity contribution in [3.05, 3.63) is 35.9 Å². The summed E-state index contributed by atoms with van der Waals surface area (Å²) in [4.78, 5) is 26.8. The average Bonchev–Trinajstić information content (AvgIpc) is 3.17. The monoisotopic (exact) mass is 746 g/mol. The van der Waals surface area contributed by atoms with Gasteiger partial charge in [-0.1, -0.05) is 37.8 Å². The Bertz CT molecular complexity index is 905. The van der Waals surface area contributed by atoms with Crippen molar-refractivity contribution in [2.24, 2.45) is 0 Å². The van der Waals surface area contributed by atoms with Crippen molar-refractivity contribution in [2.45, 2.75) is 117 Å². The Kier molecular flexibility index (Phi) is 27.0. The van der Waals surface area contributed by atoms with Gasteiger partial charge in [-0.15, -0.1) is 0 Å². The molecule has 270 valence electrons. The van der Waals surface area contributed by atoms with Crippen molar-refractivity contribution in [1.29, 1.82) is 0 Å². The molecule has 2 saturated heterocycles. The van der Waals surface area contributed by atoms with Crippen molar-refractivity contribution in [1.82, 2.24) is 9.80 Å². The molecule has 0 spiro atoms. The quantitative estimate of drug-likeness (QED) is 0.436. The standard InChI is InChI=1S/C18H26FNO3.C11H20FNO3.CH4O.CH4.2H2O.Pd/c1-18(2,3)23-17(21)20-10-9-15(19)11-16(12-20)22-13-14-7-5-4-6-8-14;1-11(2,3)16-10(15)13-5-4-8(12)6-9(14)7-13;1-2;;;;/h4-8,15-16H,9-13H2,1-3H3;8-9,14H,4-7H2,1-3H3;2H,1H3;1H4;2*1H2;. The summed E-state index contributed by atoms with van der Waals surface area (Å²) in [5.41, 5.74) is -0.0847. The summed E-state index contributed by atoms with van der Waals surface area (Å²) in [6.07, 6.45) is -3.01. The summed E-state index contributed by atoms with van der Waals surface area (Å²) in [5, 5.41) is 16.5. The van der Waals surface area contributed by atoms with Gasteiger partial charge in [-0.2, -0.15) is 0 Å². The molecule has 2 aliphatic heterocycles. The van der Waals surface area contributed by atoms with Gasteiger partial charge in [-0.05, 0) is 59.9 Å². The number of rotatable bonds is 3. The molecular weight excluding hydrogens is 689 g/mol. The first kappa shape index (κ1) is 50.0. The van der Waals surface area contributed by atoms with E-state index < -0.39 is 41.8 Å². The zero-order chi connectivity index (χ0) is 31.2. The molecule has 2 heterocycles. The van der Waals surface area contributed by atoms with Gasteiger partial charge in [0.2, 0.25) is 0 Å². The number of halogens is 2. The number of benzene rings is 1. The first-order chi connectivity index (χ1) is 19.1. The summed E-state index contributed by atoms with van der Waals surface area (Å²) in [7, 11) is 1.00. The SMILES string of the molecule is C.CC(C)(C)OC(=O)N1CCC(F)CC(O)C1.CC(C)(C)OC(=O)N1CCC(F)CC(OCc2ccccc2)C1.CO.O.O.[Pd]. The van der Waals surface area contributed by atoms with Crippen LogP contribution in [0.5, 0.6) is 0 Å². The zero-order valence-corrected chi connectivity index (χ0v) is 28.5. The molecule has 14 heteroatoms. The molecule has 11 nitrogen and oxygen atoms in total. The predicted molar refractivity (Wildman–Crippen MR) is 167 cm³/mol. The van der Waals surface area contributed by atoms with Crippen LogP contribution in [-0.4, -0.2) is 112 Å². The van der Waals surface area contributed by atoms with E-state index >= 15 is 0 Å². The molecular formula is C31H58F2N2O9Pd. The number of β-amino-alcohol motifs (C(OH)–C–C–N with tert-alkyl or cyclic N) is 1. The number of aliphatic hydroxyl groups excluding tert-OH is 2. The smallest absolute Gasteiger partial charge is 0.410 e. The zero-order valence-electron chi connectivity index (χ0n) is 27.0.